The predicted molar refractivity (Wildman–Crippen MR) is 81.5 cm³/mol. The number of rotatable bonds is 6. The first-order valence-corrected chi connectivity index (χ1v) is 8.12. The molecule has 0 amide bonds. The van der Waals surface area contributed by atoms with Crippen molar-refractivity contribution in [3.8, 4) is 5.75 Å². The van der Waals surface area contributed by atoms with Crippen LogP contribution in [0.1, 0.15) is 31.2 Å². The minimum atomic E-state index is 0.0243. The molecule has 1 N–H and O–H groups in total. The Kier molecular flexibility index (Phi) is 6.13. The summed E-state index contributed by atoms with van der Waals surface area (Å²) in [6.45, 7) is 1.61. The molecule has 3 nitrogen and oxygen atoms in total. The molecule has 1 aromatic carbocycles. The third-order valence-electron chi connectivity index (χ3n) is 3.18. The lowest BCUT2D eigenvalue weighted by atomic mass is 10.1. The van der Waals surface area contributed by atoms with Gasteiger partial charge in [-0.05, 0) is 75.2 Å². The number of benzene rings is 1. The number of halogens is 2. The summed E-state index contributed by atoms with van der Waals surface area (Å²) in [5.41, 5.74) is 0.852. The van der Waals surface area contributed by atoms with Crippen molar-refractivity contribution in [2.24, 2.45) is 0 Å². The molecule has 0 aromatic heterocycles. The molecule has 0 radical (unpaired) electrons. The number of aliphatic hydroxyl groups is 1. The minimum absolute atomic E-state index is 0.0243. The zero-order valence-corrected chi connectivity index (χ0v) is 13.9. The van der Waals surface area contributed by atoms with Crippen molar-refractivity contribution < 1.29 is 14.6 Å². The zero-order valence-electron chi connectivity index (χ0n) is 10.7. The van der Waals surface area contributed by atoms with Gasteiger partial charge >= 0.3 is 0 Å². The predicted octanol–water partition coefficient (Wildman–Crippen LogP) is 4.04. The first kappa shape index (κ1) is 15.3. The Morgan fingerprint density at radius 1 is 1.32 bits per heavy atom. The van der Waals surface area contributed by atoms with Gasteiger partial charge in [0, 0.05) is 6.61 Å². The Morgan fingerprint density at radius 2 is 2.05 bits per heavy atom. The van der Waals surface area contributed by atoms with Gasteiger partial charge in [0.1, 0.15) is 5.75 Å². The van der Waals surface area contributed by atoms with Gasteiger partial charge in [-0.2, -0.15) is 0 Å². The fraction of sp³-hybridized carbons (Fsp3) is 0.571. The third kappa shape index (κ3) is 4.45. The minimum Gasteiger partial charge on any atom is -0.491 e. The maximum atomic E-state index is 9.12. The summed E-state index contributed by atoms with van der Waals surface area (Å²) in [7, 11) is 0. The molecule has 5 heteroatoms. The summed E-state index contributed by atoms with van der Waals surface area (Å²) in [4.78, 5) is 0. The van der Waals surface area contributed by atoms with Crippen molar-refractivity contribution in [3.05, 3.63) is 26.6 Å². The highest BCUT2D eigenvalue weighted by molar-refractivity contribution is 9.11. The molecule has 1 heterocycles. The summed E-state index contributed by atoms with van der Waals surface area (Å²) >= 11 is 6.93. The molecule has 106 valence electrons. The van der Waals surface area contributed by atoms with E-state index in [9.17, 15) is 0 Å². The van der Waals surface area contributed by atoms with E-state index in [4.69, 9.17) is 14.6 Å². The van der Waals surface area contributed by atoms with E-state index in [2.05, 4.69) is 31.9 Å². The largest absolute Gasteiger partial charge is 0.491 e. The Labute approximate surface area is 130 Å². The first-order chi connectivity index (χ1) is 9.20. The summed E-state index contributed by atoms with van der Waals surface area (Å²) < 4.78 is 13.1. The quantitative estimate of drug-likeness (QED) is 0.741. The van der Waals surface area contributed by atoms with Crippen LogP contribution in [-0.4, -0.2) is 24.4 Å². The molecule has 0 bridgehead atoms. The highest BCUT2D eigenvalue weighted by Gasteiger charge is 2.15. The number of aliphatic hydroxyl groups excluding tert-OH is 1. The third-order valence-corrected chi connectivity index (χ3v) is 4.36. The number of hydrogen-bond donors (Lipinski definition) is 1. The summed E-state index contributed by atoms with van der Waals surface area (Å²) in [6.07, 6.45) is 4.84. The molecule has 1 aliphatic heterocycles. The van der Waals surface area contributed by atoms with Crippen molar-refractivity contribution in [2.45, 2.75) is 38.4 Å². The van der Waals surface area contributed by atoms with Gasteiger partial charge in [-0.1, -0.05) is 0 Å². The van der Waals surface area contributed by atoms with Gasteiger partial charge in [0.2, 0.25) is 0 Å². The maximum absolute atomic E-state index is 9.12. The van der Waals surface area contributed by atoms with Crippen LogP contribution >= 0.6 is 31.9 Å². The van der Waals surface area contributed by atoms with Crippen molar-refractivity contribution >= 4 is 31.9 Å². The molecular weight excluding hydrogens is 376 g/mol. The molecule has 1 fully saturated rings. The van der Waals surface area contributed by atoms with E-state index >= 15 is 0 Å². The Bertz CT molecular complexity index is 394. The SMILES string of the molecule is OCc1cc(Br)c(OCCCC2CCCO2)c(Br)c1. The molecule has 0 aliphatic carbocycles. The standard InChI is InChI=1S/C14H18Br2O3/c15-12-7-10(9-17)8-13(16)14(12)19-6-2-4-11-3-1-5-18-11/h7-8,11,17H,1-6,9H2. The molecule has 1 atom stereocenters. The molecule has 1 aromatic rings. The molecule has 2 rings (SSSR count). The van der Waals surface area contributed by atoms with Crippen LogP contribution in [0, 0.1) is 0 Å². The topological polar surface area (TPSA) is 38.7 Å². The summed E-state index contributed by atoms with van der Waals surface area (Å²) in [6, 6.07) is 3.75. The van der Waals surface area contributed by atoms with E-state index in [1.807, 2.05) is 12.1 Å². The average molecular weight is 394 g/mol. The fourth-order valence-electron chi connectivity index (χ4n) is 2.20. The highest BCUT2D eigenvalue weighted by atomic mass is 79.9. The Morgan fingerprint density at radius 3 is 2.63 bits per heavy atom. The van der Waals surface area contributed by atoms with E-state index < -0.39 is 0 Å². The van der Waals surface area contributed by atoms with Gasteiger partial charge in [0.15, 0.2) is 0 Å². The van der Waals surface area contributed by atoms with Crippen molar-refractivity contribution in [2.75, 3.05) is 13.2 Å². The zero-order chi connectivity index (χ0) is 13.7. The second-order valence-electron chi connectivity index (χ2n) is 4.67. The lowest BCUT2D eigenvalue weighted by molar-refractivity contribution is 0.0980. The van der Waals surface area contributed by atoms with E-state index in [-0.39, 0.29) is 6.61 Å². The second-order valence-corrected chi connectivity index (χ2v) is 6.38. The van der Waals surface area contributed by atoms with Crippen LogP contribution in [-0.2, 0) is 11.3 Å². The van der Waals surface area contributed by atoms with Crippen LogP contribution in [0.2, 0.25) is 0 Å². The molecule has 0 spiro atoms. The van der Waals surface area contributed by atoms with Crippen molar-refractivity contribution in [3.63, 3.8) is 0 Å². The Hall–Kier alpha value is -0.100. The molecule has 0 saturated carbocycles. The first-order valence-electron chi connectivity index (χ1n) is 6.54. The number of ether oxygens (including phenoxy) is 2. The van der Waals surface area contributed by atoms with Crippen LogP contribution < -0.4 is 4.74 Å². The smallest absolute Gasteiger partial charge is 0.147 e. The van der Waals surface area contributed by atoms with Crippen molar-refractivity contribution in [1.29, 1.82) is 0 Å². The van der Waals surface area contributed by atoms with E-state index in [1.165, 1.54) is 12.8 Å². The van der Waals surface area contributed by atoms with E-state index in [1.54, 1.807) is 0 Å². The van der Waals surface area contributed by atoms with Crippen LogP contribution in [0.25, 0.3) is 0 Å². The second kappa shape index (κ2) is 7.62. The van der Waals surface area contributed by atoms with Gasteiger partial charge in [0.25, 0.3) is 0 Å². The van der Waals surface area contributed by atoms with Gasteiger partial charge in [0.05, 0.1) is 28.3 Å². The molecule has 1 aliphatic rings. The van der Waals surface area contributed by atoms with Crippen LogP contribution in [0.5, 0.6) is 5.75 Å². The van der Waals surface area contributed by atoms with Gasteiger partial charge in [-0.25, -0.2) is 0 Å². The monoisotopic (exact) mass is 392 g/mol. The normalized spacial score (nSPS) is 18.8. The van der Waals surface area contributed by atoms with Gasteiger partial charge in [-0.15, -0.1) is 0 Å². The van der Waals surface area contributed by atoms with Gasteiger partial charge in [-0.3, -0.25) is 0 Å². The summed E-state index contributed by atoms with van der Waals surface area (Å²) in [5, 5.41) is 9.12. The average Bonchev–Trinajstić information content (AvgIpc) is 2.89. The summed E-state index contributed by atoms with van der Waals surface area (Å²) in [5.74, 6) is 0.796. The van der Waals surface area contributed by atoms with Crippen molar-refractivity contribution in [1.82, 2.24) is 0 Å². The van der Waals surface area contributed by atoms with Crippen LogP contribution in [0.3, 0.4) is 0 Å². The van der Waals surface area contributed by atoms with Crippen LogP contribution in [0.15, 0.2) is 21.1 Å². The number of hydrogen-bond acceptors (Lipinski definition) is 3. The molecule has 19 heavy (non-hydrogen) atoms. The molecule has 1 unspecified atom stereocenters. The Balaban J connectivity index is 1.81. The lowest BCUT2D eigenvalue weighted by Crippen LogP contribution is -2.08. The van der Waals surface area contributed by atoms with Crippen LogP contribution in [0.4, 0.5) is 0 Å². The van der Waals surface area contributed by atoms with Gasteiger partial charge < -0.3 is 14.6 Å². The lowest BCUT2D eigenvalue weighted by Gasteiger charge is -2.13. The van der Waals surface area contributed by atoms with E-state index in [0.717, 1.165) is 39.7 Å². The van der Waals surface area contributed by atoms with E-state index in [0.29, 0.717) is 12.7 Å². The fourth-order valence-corrected chi connectivity index (χ4v) is 3.71. The molecule has 1 saturated heterocycles. The molecular formula is C14H18Br2O3. The maximum Gasteiger partial charge on any atom is 0.147 e. The highest BCUT2D eigenvalue weighted by Crippen LogP contribution is 2.35.